The molecule has 0 unspecified atom stereocenters. The Bertz CT molecular complexity index is 368. The number of aromatic nitrogens is 5. The molecule has 0 saturated heterocycles. The van der Waals surface area contributed by atoms with Crippen LogP contribution in [0.15, 0.2) is 11.4 Å². The summed E-state index contributed by atoms with van der Waals surface area (Å²) < 4.78 is 3.74. The third kappa shape index (κ3) is 2.16. The number of aromatic amines is 1. The Morgan fingerprint density at radius 3 is 3.15 bits per heavy atom. The van der Waals surface area contributed by atoms with Gasteiger partial charge in [-0.1, -0.05) is 16.3 Å². The van der Waals surface area contributed by atoms with Gasteiger partial charge in [-0.3, -0.25) is 0 Å². The van der Waals surface area contributed by atoms with Crippen molar-refractivity contribution in [3.63, 3.8) is 0 Å². The minimum Gasteiger partial charge on any atom is -0.368 e. The maximum Gasteiger partial charge on any atom is 0.216 e. The van der Waals surface area contributed by atoms with Gasteiger partial charge in [-0.25, -0.2) is 5.10 Å². The summed E-state index contributed by atoms with van der Waals surface area (Å²) in [6, 6.07) is 0. The molecule has 0 aliphatic heterocycles. The van der Waals surface area contributed by atoms with Crippen molar-refractivity contribution in [3.8, 4) is 0 Å². The first-order valence-electron chi connectivity index (χ1n) is 3.41. The lowest BCUT2D eigenvalue weighted by Gasteiger charge is -1.89. The van der Waals surface area contributed by atoms with E-state index in [0.29, 0.717) is 11.1 Å². The SMILES string of the molecule is Nc1nc(SCc2cnns2)n[nH]1. The molecule has 0 atom stereocenters. The molecule has 0 radical (unpaired) electrons. The van der Waals surface area contributed by atoms with E-state index in [1.165, 1.54) is 23.3 Å². The van der Waals surface area contributed by atoms with Crippen LogP contribution in [0.3, 0.4) is 0 Å². The van der Waals surface area contributed by atoms with Crippen LogP contribution in [0.1, 0.15) is 4.88 Å². The van der Waals surface area contributed by atoms with Crippen molar-refractivity contribution < 1.29 is 0 Å². The van der Waals surface area contributed by atoms with E-state index in [1.54, 1.807) is 6.20 Å². The van der Waals surface area contributed by atoms with Crippen molar-refractivity contribution in [2.45, 2.75) is 10.9 Å². The molecule has 3 N–H and O–H groups in total. The molecule has 68 valence electrons. The quantitative estimate of drug-likeness (QED) is 0.724. The molecule has 0 fully saturated rings. The Morgan fingerprint density at radius 2 is 2.54 bits per heavy atom. The van der Waals surface area contributed by atoms with Gasteiger partial charge >= 0.3 is 0 Å². The molecule has 0 aromatic carbocycles. The number of anilines is 1. The molecular weight excluding hydrogens is 208 g/mol. The smallest absolute Gasteiger partial charge is 0.216 e. The van der Waals surface area contributed by atoms with E-state index in [4.69, 9.17) is 5.73 Å². The lowest BCUT2D eigenvalue weighted by atomic mass is 10.6. The topological polar surface area (TPSA) is 93.4 Å². The molecule has 2 rings (SSSR count). The number of nitrogens with one attached hydrogen (secondary N) is 1. The van der Waals surface area contributed by atoms with Gasteiger partial charge in [-0.2, -0.15) is 4.98 Å². The molecule has 0 aliphatic carbocycles. The Kier molecular flexibility index (Phi) is 2.41. The summed E-state index contributed by atoms with van der Waals surface area (Å²) >= 11 is 2.87. The molecule has 0 aliphatic rings. The average molecular weight is 214 g/mol. The summed E-state index contributed by atoms with van der Waals surface area (Å²) in [7, 11) is 0. The summed E-state index contributed by atoms with van der Waals surface area (Å²) in [4.78, 5) is 5.04. The van der Waals surface area contributed by atoms with Gasteiger partial charge < -0.3 is 5.73 Å². The van der Waals surface area contributed by atoms with Crippen molar-refractivity contribution in [1.29, 1.82) is 0 Å². The number of thioether (sulfide) groups is 1. The predicted molar refractivity (Wildman–Crippen MR) is 50.3 cm³/mol. The Balaban J connectivity index is 1.93. The zero-order valence-electron chi connectivity index (χ0n) is 6.47. The van der Waals surface area contributed by atoms with Crippen molar-refractivity contribution >= 4 is 29.2 Å². The molecule has 6 nitrogen and oxygen atoms in total. The number of nitrogens with two attached hydrogens (primary N) is 1. The van der Waals surface area contributed by atoms with Crippen LogP contribution in [0.25, 0.3) is 0 Å². The number of nitrogens with zero attached hydrogens (tertiary/aromatic N) is 4. The normalized spacial score (nSPS) is 10.5. The van der Waals surface area contributed by atoms with Crippen LogP contribution in [0.5, 0.6) is 0 Å². The van der Waals surface area contributed by atoms with Crippen LogP contribution >= 0.6 is 23.3 Å². The number of hydrogen-bond donors (Lipinski definition) is 2. The van der Waals surface area contributed by atoms with E-state index in [0.717, 1.165) is 10.6 Å². The zero-order valence-corrected chi connectivity index (χ0v) is 8.10. The van der Waals surface area contributed by atoms with Crippen molar-refractivity contribution in [2.24, 2.45) is 0 Å². The minimum atomic E-state index is 0.338. The molecule has 0 bridgehead atoms. The largest absolute Gasteiger partial charge is 0.368 e. The van der Waals surface area contributed by atoms with Crippen LogP contribution in [-0.4, -0.2) is 24.8 Å². The maximum atomic E-state index is 5.36. The van der Waals surface area contributed by atoms with Crippen LogP contribution in [0, 0.1) is 0 Å². The van der Waals surface area contributed by atoms with Gasteiger partial charge in [0.25, 0.3) is 0 Å². The fourth-order valence-corrected chi connectivity index (χ4v) is 2.01. The molecule has 2 aromatic rings. The van der Waals surface area contributed by atoms with E-state index in [9.17, 15) is 0 Å². The predicted octanol–water partition coefficient (Wildman–Crippen LogP) is 0.531. The second-order valence-corrected chi connectivity index (χ2v) is 3.99. The Labute approximate surface area is 82.1 Å². The van der Waals surface area contributed by atoms with Gasteiger partial charge in [0.2, 0.25) is 11.1 Å². The van der Waals surface area contributed by atoms with Gasteiger partial charge in [-0.05, 0) is 11.5 Å². The van der Waals surface area contributed by atoms with Crippen LogP contribution in [0.2, 0.25) is 0 Å². The van der Waals surface area contributed by atoms with Crippen LogP contribution in [-0.2, 0) is 5.75 Å². The summed E-state index contributed by atoms with van der Waals surface area (Å²) in [5.41, 5.74) is 5.36. The monoisotopic (exact) mass is 214 g/mol. The first-order chi connectivity index (χ1) is 6.34. The van der Waals surface area contributed by atoms with E-state index < -0.39 is 0 Å². The highest BCUT2D eigenvalue weighted by atomic mass is 32.2. The number of hydrogen-bond acceptors (Lipinski definition) is 7. The van der Waals surface area contributed by atoms with Crippen molar-refractivity contribution in [1.82, 2.24) is 24.8 Å². The highest BCUT2D eigenvalue weighted by Crippen LogP contribution is 2.19. The molecule has 8 heteroatoms. The zero-order chi connectivity index (χ0) is 9.10. The van der Waals surface area contributed by atoms with E-state index in [1.807, 2.05) is 0 Å². The maximum absolute atomic E-state index is 5.36. The third-order valence-corrected chi connectivity index (χ3v) is 2.97. The molecular formula is C5H6N6S2. The highest BCUT2D eigenvalue weighted by Gasteiger charge is 2.02. The Morgan fingerprint density at radius 1 is 1.62 bits per heavy atom. The van der Waals surface area contributed by atoms with Crippen molar-refractivity contribution in [2.75, 3.05) is 5.73 Å². The fourth-order valence-electron chi connectivity index (χ4n) is 0.710. The van der Waals surface area contributed by atoms with Gasteiger partial charge in [0.05, 0.1) is 11.1 Å². The van der Waals surface area contributed by atoms with Gasteiger partial charge in [0.1, 0.15) is 0 Å². The molecule has 13 heavy (non-hydrogen) atoms. The van der Waals surface area contributed by atoms with Gasteiger partial charge in [0, 0.05) is 5.75 Å². The lowest BCUT2D eigenvalue weighted by molar-refractivity contribution is 0.973. The summed E-state index contributed by atoms with van der Waals surface area (Å²) in [5.74, 6) is 1.11. The van der Waals surface area contributed by atoms with E-state index in [2.05, 4.69) is 24.8 Å². The first kappa shape index (κ1) is 8.45. The minimum absolute atomic E-state index is 0.338. The number of rotatable bonds is 3. The second kappa shape index (κ2) is 3.71. The van der Waals surface area contributed by atoms with Crippen molar-refractivity contribution in [3.05, 3.63) is 11.1 Å². The second-order valence-electron chi connectivity index (χ2n) is 2.18. The number of nitrogen functional groups attached to an aromatic ring is 1. The molecule has 2 heterocycles. The Hall–Kier alpha value is -1.15. The average Bonchev–Trinajstić information content (AvgIpc) is 2.71. The lowest BCUT2D eigenvalue weighted by Crippen LogP contribution is -1.85. The molecule has 0 saturated carbocycles. The standard InChI is InChI=1S/C5H6N6S2/c6-4-8-5(10-9-4)12-2-3-1-7-11-13-3/h1H,2H2,(H3,6,8,9,10). The van der Waals surface area contributed by atoms with Gasteiger partial charge in [-0.15, -0.1) is 10.2 Å². The summed E-state index contributed by atoms with van der Waals surface area (Å²) in [6.45, 7) is 0. The van der Waals surface area contributed by atoms with E-state index in [-0.39, 0.29) is 0 Å². The van der Waals surface area contributed by atoms with E-state index >= 15 is 0 Å². The van der Waals surface area contributed by atoms with Gasteiger partial charge in [0.15, 0.2) is 0 Å². The molecule has 2 aromatic heterocycles. The van der Waals surface area contributed by atoms with Crippen LogP contribution < -0.4 is 5.73 Å². The van der Waals surface area contributed by atoms with Crippen LogP contribution in [0.4, 0.5) is 5.95 Å². The summed E-state index contributed by atoms with van der Waals surface area (Å²) in [5, 5.41) is 10.8. The highest BCUT2D eigenvalue weighted by molar-refractivity contribution is 7.98. The number of H-pyrrole nitrogens is 1. The summed E-state index contributed by atoms with van der Waals surface area (Å²) in [6.07, 6.45) is 1.73. The molecule has 0 amide bonds. The molecule has 0 spiro atoms. The first-order valence-corrected chi connectivity index (χ1v) is 5.17. The third-order valence-electron chi connectivity index (χ3n) is 1.23. The fraction of sp³-hybridized carbons (Fsp3) is 0.200.